The first-order chi connectivity index (χ1) is 8.79. The zero-order chi connectivity index (χ0) is 12.8. The topological polar surface area (TPSA) is 34.1 Å². The van der Waals surface area contributed by atoms with Crippen molar-refractivity contribution < 1.29 is 4.74 Å². The average Bonchev–Trinajstić information content (AvgIpc) is 2.89. The van der Waals surface area contributed by atoms with Crippen LogP contribution in [0.25, 0.3) is 0 Å². The van der Waals surface area contributed by atoms with Crippen LogP contribution in [-0.2, 0) is 13.0 Å². The Morgan fingerprint density at radius 3 is 3.00 bits per heavy atom. The second kappa shape index (κ2) is 6.52. The molecule has 1 N–H and O–H groups in total. The summed E-state index contributed by atoms with van der Waals surface area (Å²) in [6, 6.07) is 8.68. The molecule has 96 valence electrons. The Kier molecular flexibility index (Phi) is 4.73. The molecule has 2 rings (SSSR count). The predicted octanol–water partition coefficient (Wildman–Crippen LogP) is 2.87. The first-order valence-corrected chi connectivity index (χ1v) is 6.91. The Balaban J connectivity index is 1.87. The fourth-order valence-electron chi connectivity index (χ4n) is 1.83. The smallest absolute Gasteiger partial charge is 0.217 e. The molecular weight excluding hydrogens is 244 g/mol. The highest BCUT2D eigenvalue weighted by atomic mass is 32.1. The molecule has 0 bridgehead atoms. The molecule has 0 spiro atoms. The molecule has 0 amide bonds. The monoisotopic (exact) mass is 262 g/mol. The SMILES string of the molecule is COc1ncccc1CNC(C)Cc1cccs1. The Bertz CT molecular complexity index is 470. The van der Waals surface area contributed by atoms with E-state index in [1.165, 1.54) is 4.88 Å². The molecular formula is C14H18N2OS. The molecule has 0 saturated carbocycles. The van der Waals surface area contributed by atoms with Crippen molar-refractivity contribution in [3.05, 3.63) is 46.3 Å². The average molecular weight is 262 g/mol. The van der Waals surface area contributed by atoms with Crippen molar-refractivity contribution in [3.63, 3.8) is 0 Å². The van der Waals surface area contributed by atoms with Gasteiger partial charge in [-0.1, -0.05) is 12.1 Å². The molecule has 2 aromatic rings. The number of rotatable bonds is 6. The molecule has 1 unspecified atom stereocenters. The highest BCUT2D eigenvalue weighted by Gasteiger charge is 2.07. The summed E-state index contributed by atoms with van der Waals surface area (Å²) in [4.78, 5) is 5.60. The molecule has 0 aliphatic carbocycles. The molecule has 3 nitrogen and oxygen atoms in total. The van der Waals surface area contributed by atoms with Crippen LogP contribution < -0.4 is 10.1 Å². The zero-order valence-corrected chi connectivity index (χ0v) is 11.5. The van der Waals surface area contributed by atoms with Crippen molar-refractivity contribution in [3.8, 4) is 5.88 Å². The fraction of sp³-hybridized carbons (Fsp3) is 0.357. The summed E-state index contributed by atoms with van der Waals surface area (Å²) in [5.74, 6) is 0.702. The highest BCUT2D eigenvalue weighted by molar-refractivity contribution is 7.09. The van der Waals surface area contributed by atoms with E-state index in [0.29, 0.717) is 11.9 Å². The Morgan fingerprint density at radius 1 is 1.39 bits per heavy atom. The fourth-order valence-corrected chi connectivity index (χ4v) is 2.66. The van der Waals surface area contributed by atoms with Crippen LogP contribution >= 0.6 is 11.3 Å². The quantitative estimate of drug-likeness (QED) is 0.869. The molecule has 2 heterocycles. The van der Waals surface area contributed by atoms with Gasteiger partial charge in [0.1, 0.15) is 0 Å². The van der Waals surface area contributed by atoms with E-state index in [9.17, 15) is 0 Å². The van der Waals surface area contributed by atoms with Crippen LogP contribution in [0.4, 0.5) is 0 Å². The summed E-state index contributed by atoms with van der Waals surface area (Å²) in [6.07, 6.45) is 2.80. The van der Waals surface area contributed by atoms with Gasteiger partial charge in [-0.25, -0.2) is 4.98 Å². The van der Waals surface area contributed by atoms with Gasteiger partial charge in [-0.15, -0.1) is 11.3 Å². The number of nitrogens with one attached hydrogen (secondary N) is 1. The van der Waals surface area contributed by atoms with E-state index in [-0.39, 0.29) is 0 Å². The lowest BCUT2D eigenvalue weighted by molar-refractivity contribution is 0.389. The van der Waals surface area contributed by atoms with Crippen LogP contribution in [0.15, 0.2) is 35.8 Å². The number of methoxy groups -OCH3 is 1. The molecule has 1 atom stereocenters. The van der Waals surface area contributed by atoms with Crippen molar-refractivity contribution in [1.29, 1.82) is 0 Å². The number of thiophene rings is 1. The molecule has 4 heteroatoms. The molecule has 0 radical (unpaired) electrons. The van der Waals surface area contributed by atoms with Crippen molar-refractivity contribution in [1.82, 2.24) is 10.3 Å². The van der Waals surface area contributed by atoms with E-state index >= 15 is 0 Å². The van der Waals surface area contributed by atoms with Gasteiger partial charge in [-0.2, -0.15) is 0 Å². The lowest BCUT2D eigenvalue weighted by atomic mass is 10.2. The van der Waals surface area contributed by atoms with Crippen LogP contribution in [-0.4, -0.2) is 18.1 Å². The normalized spacial score (nSPS) is 12.3. The number of ether oxygens (including phenoxy) is 1. The van der Waals surface area contributed by atoms with Gasteiger partial charge in [0.25, 0.3) is 0 Å². The molecule has 0 aromatic carbocycles. The number of nitrogens with zero attached hydrogens (tertiary/aromatic N) is 1. The van der Waals surface area contributed by atoms with E-state index in [1.807, 2.05) is 12.1 Å². The summed E-state index contributed by atoms with van der Waals surface area (Å²) in [5.41, 5.74) is 1.10. The van der Waals surface area contributed by atoms with E-state index < -0.39 is 0 Å². The minimum absolute atomic E-state index is 0.438. The van der Waals surface area contributed by atoms with Crippen molar-refractivity contribution in [2.75, 3.05) is 7.11 Å². The second-order valence-electron chi connectivity index (χ2n) is 4.24. The lowest BCUT2D eigenvalue weighted by Gasteiger charge is -2.14. The predicted molar refractivity (Wildman–Crippen MR) is 75.1 cm³/mol. The van der Waals surface area contributed by atoms with E-state index in [1.54, 1.807) is 24.6 Å². The molecule has 0 saturated heterocycles. The van der Waals surface area contributed by atoms with E-state index in [0.717, 1.165) is 18.5 Å². The largest absolute Gasteiger partial charge is 0.481 e. The summed E-state index contributed by atoms with van der Waals surface area (Å²) in [7, 11) is 1.65. The third-order valence-electron chi connectivity index (χ3n) is 2.77. The van der Waals surface area contributed by atoms with Crippen molar-refractivity contribution in [2.24, 2.45) is 0 Å². The van der Waals surface area contributed by atoms with Gasteiger partial charge < -0.3 is 10.1 Å². The van der Waals surface area contributed by atoms with Crippen LogP contribution in [0.2, 0.25) is 0 Å². The van der Waals surface area contributed by atoms with Crippen LogP contribution in [0.5, 0.6) is 5.88 Å². The van der Waals surface area contributed by atoms with Gasteiger partial charge >= 0.3 is 0 Å². The number of pyridine rings is 1. The summed E-state index contributed by atoms with van der Waals surface area (Å²) < 4.78 is 5.23. The van der Waals surface area contributed by atoms with Gasteiger partial charge in [-0.05, 0) is 30.9 Å². The number of hydrogen-bond acceptors (Lipinski definition) is 4. The van der Waals surface area contributed by atoms with Gasteiger partial charge in [0.05, 0.1) is 7.11 Å². The molecule has 0 aliphatic rings. The van der Waals surface area contributed by atoms with Gasteiger partial charge in [0, 0.05) is 29.2 Å². The molecule has 0 aliphatic heterocycles. The summed E-state index contributed by atoms with van der Waals surface area (Å²) >= 11 is 1.80. The van der Waals surface area contributed by atoms with Gasteiger partial charge in [0.15, 0.2) is 0 Å². The molecule has 2 aromatic heterocycles. The minimum atomic E-state index is 0.438. The first-order valence-electron chi connectivity index (χ1n) is 6.03. The highest BCUT2D eigenvalue weighted by Crippen LogP contribution is 2.14. The maximum atomic E-state index is 5.23. The molecule has 0 fully saturated rings. The number of hydrogen-bond donors (Lipinski definition) is 1. The van der Waals surface area contributed by atoms with Gasteiger partial charge in [-0.3, -0.25) is 0 Å². The van der Waals surface area contributed by atoms with Crippen molar-refractivity contribution >= 4 is 11.3 Å². The van der Waals surface area contributed by atoms with Crippen LogP contribution in [0, 0.1) is 0 Å². The Morgan fingerprint density at radius 2 is 2.28 bits per heavy atom. The van der Waals surface area contributed by atoms with E-state index in [4.69, 9.17) is 4.74 Å². The maximum absolute atomic E-state index is 5.23. The summed E-state index contributed by atoms with van der Waals surface area (Å²) in [5, 5.41) is 5.62. The maximum Gasteiger partial charge on any atom is 0.217 e. The standard InChI is InChI=1S/C14H18N2OS/c1-11(9-13-6-4-8-18-13)16-10-12-5-3-7-15-14(12)17-2/h3-8,11,16H,9-10H2,1-2H3. The Labute approximate surface area is 112 Å². The van der Waals surface area contributed by atoms with Crippen molar-refractivity contribution in [2.45, 2.75) is 25.9 Å². The van der Waals surface area contributed by atoms with Crippen LogP contribution in [0.3, 0.4) is 0 Å². The second-order valence-corrected chi connectivity index (χ2v) is 5.27. The third kappa shape index (κ3) is 3.55. The molecule has 18 heavy (non-hydrogen) atoms. The third-order valence-corrected chi connectivity index (χ3v) is 3.67. The zero-order valence-electron chi connectivity index (χ0n) is 10.7. The minimum Gasteiger partial charge on any atom is -0.481 e. The lowest BCUT2D eigenvalue weighted by Crippen LogP contribution is -2.27. The summed E-state index contributed by atoms with van der Waals surface area (Å²) in [6.45, 7) is 2.98. The van der Waals surface area contributed by atoms with E-state index in [2.05, 4.69) is 34.7 Å². The van der Waals surface area contributed by atoms with Crippen LogP contribution in [0.1, 0.15) is 17.4 Å². The van der Waals surface area contributed by atoms with Gasteiger partial charge in [0.2, 0.25) is 5.88 Å². The Hall–Kier alpha value is -1.39. The number of aromatic nitrogens is 1. The first kappa shape index (κ1) is 13.1.